The van der Waals surface area contributed by atoms with Crippen molar-refractivity contribution in [1.29, 1.82) is 0 Å². The predicted molar refractivity (Wildman–Crippen MR) is 105 cm³/mol. The fourth-order valence-corrected chi connectivity index (χ4v) is 3.55. The lowest BCUT2D eigenvalue weighted by atomic mass is 9.98. The Morgan fingerprint density at radius 3 is 2.00 bits per heavy atom. The lowest BCUT2D eigenvalue weighted by Crippen LogP contribution is -2.13. The van der Waals surface area contributed by atoms with Crippen molar-refractivity contribution in [2.45, 2.75) is 24.9 Å². The van der Waals surface area contributed by atoms with Crippen molar-refractivity contribution in [2.24, 2.45) is 0 Å². The highest BCUT2D eigenvalue weighted by Gasteiger charge is 2.40. The third-order valence-corrected chi connectivity index (χ3v) is 5.40. The van der Waals surface area contributed by atoms with Crippen LogP contribution >= 0.6 is 0 Å². The number of halogens is 3. The van der Waals surface area contributed by atoms with Crippen LogP contribution in [0, 0.1) is 18.9 Å². The first kappa shape index (κ1) is 20.7. The van der Waals surface area contributed by atoms with Crippen LogP contribution in [0.3, 0.4) is 0 Å². The summed E-state index contributed by atoms with van der Waals surface area (Å²) in [7, 11) is -3.43. The Balaban J connectivity index is 2.34. The SMILES string of the molecule is CC#Cn1nc(-c2ccc(S(C)(=O)=O)cc2)c(-c2ccc(C)cc2)c1C(F)(F)F. The molecule has 8 heteroatoms. The van der Waals surface area contributed by atoms with Gasteiger partial charge in [-0.15, -0.1) is 0 Å². The molecular weight excluding hydrogens is 401 g/mol. The highest BCUT2D eigenvalue weighted by Crippen LogP contribution is 2.42. The summed E-state index contributed by atoms with van der Waals surface area (Å²) in [4.78, 5) is 0.0713. The van der Waals surface area contributed by atoms with Crippen molar-refractivity contribution in [3.63, 3.8) is 0 Å². The average Bonchev–Trinajstić information content (AvgIpc) is 3.02. The quantitative estimate of drug-likeness (QED) is 0.576. The first-order chi connectivity index (χ1) is 13.5. The van der Waals surface area contributed by atoms with Crippen molar-refractivity contribution in [3.8, 4) is 34.3 Å². The normalized spacial score (nSPS) is 11.8. The molecule has 3 aromatic rings. The molecule has 1 aromatic heterocycles. The molecule has 0 N–H and O–H groups in total. The topological polar surface area (TPSA) is 52.0 Å². The second kappa shape index (κ2) is 7.41. The molecule has 3 rings (SSSR count). The van der Waals surface area contributed by atoms with E-state index in [1.807, 2.05) is 6.92 Å². The molecule has 0 saturated carbocycles. The van der Waals surface area contributed by atoms with Crippen LogP contribution in [-0.2, 0) is 16.0 Å². The van der Waals surface area contributed by atoms with Crippen LogP contribution in [0.1, 0.15) is 18.2 Å². The lowest BCUT2D eigenvalue weighted by Gasteiger charge is -2.11. The summed E-state index contributed by atoms with van der Waals surface area (Å²) in [6.45, 7) is 3.26. The molecular formula is C21H17F3N2O2S. The van der Waals surface area contributed by atoms with Crippen molar-refractivity contribution in [3.05, 3.63) is 59.8 Å². The zero-order valence-electron chi connectivity index (χ0n) is 15.9. The van der Waals surface area contributed by atoms with E-state index in [0.717, 1.165) is 11.8 Å². The number of rotatable bonds is 3. The molecule has 29 heavy (non-hydrogen) atoms. The van der Waals surface area contributed by atoms with Crippen molar-refractivity contribution in [2.75, 3.05) is 6.26 Å². The van der Waals surface area contributed by atoms with E-state index < -0.39 is 21.7 Å². The van der Waals surface area contributed by atoms with Crippen molar-refractivity contribution >= 4 is 9.84 Å². The molecule has 2 aromatic carbocycles. The van der Waals surface area contributed by atoms with Gasteiger partial charge in [0.2, 0.25) is 0 Å². The van der Waals surface area contributed by atoms with Gasteiger partial charge in [-0.05, 0) is 31.5 Å². The molecule has 4 nitrogen and oxygen atoms in total. The molecule has 0 saturated heterocycles. The molecule has 0 atom stereocenters. The molecule has 0 bridgehead atoms. The maximum Gasteiger partial charge on any atom is 0.434 e. The Morgan fingerprint density at radius 2 is 1.52 bits per heavy atom. The smallest absolute Gasteiger partial charge is 0.224 e. The van der Waals surface area contributed by atoms with E-state index in [1.165, 1.54) is 31.2 Å². The van der Waals surface area contributed by atoms with Gasteiger partial charge in [0.15, 0.2) is 15.5 Å². The number of hydrogen-bond donors (Lipinski definition) is 0. The number of nitrogens with zero attached hydrogens (tertiary/aromatic N) is 2. The van der Waals surface area contributed by atoms with Gasteiger partial charge in [0, 0.05) is 23.4 Å². The molecule has 0 amide bonds. The van der Waals surface area contributed by atoms with Gasteiger partial charge < -0.3 is 0 Å². The van der Waals surface area contributed by atoms with E-state index in [1.54, 1.807) is 24.3 Å². The number of aromatic nitrogens is 2. The minimum atomic E-state index is -4.69. The van der Waals surface area contributed by atoms with E-state index in [2.05, 4.69) is 17.1 Å². The summed E-state index contributed by atoms with van der Waals surface area (Å²) < 4.78 is 65.8. The molecule has 0 radical (unpaired) electrons. The van der Waals surface area contributed by atoms with Gasteiger partial charge in [0.1, 0.15) is 5.69 Å². The maximum absolute atomic E-state index is 13.9. The fourth-order valence-electron chi connectivity index (χ4n) is 2.92. The van der Waals surface area contributed by atoms with Gasteiger partial charge in [-0.25, -0.2) is 8.42 Å². The summed E-state index contributed by atoms with van der Waals surface area (Å²) in [6, 6.07) is 14.6. The zero-order chi connectivity index (χ0) is 21.4. The number of sulfone groups is 1. The number of benzene rings is 2. The Bertz CT molecular complexity index is 1210. The van der Waals surface area contributed by atoms with Gasteiger partial charge >= 0.3 is 6.18 Å². The third kappa shape index (κ3) is 4.20. The second-order valence-corrected chi connectivity index (χ2v) is 8.52. The van der Waals surface area contributed by atoms with Gasteiger partial charge in [0.05, 0.1) is 4.90 Å². The maximum atomic E-state index is 13.9. The van der Waals surface area contributed by atoms with Gasteiger partial charge in [0.25, 0.3) is 0 Å². The Morgan fingerprint density at radius 1 is 0.966 bits per heavy atom. The largest absolute Gasteiger partial charge is 0.434 e. The Labute approximate surface area is 166 Å². The van der Waals surface area contributed by atoms with Crippen molar-refractivity contribution < 1.29 is 21.6 Å². The summed E-state index contributed by atoms with van der Waals surface area (Å²) in [6.07, 6.45) is -3.63. The number of hydrogen-bond acceptors (Lipinski definition) is 3. The zero-order valence-corrected chi connectivity index (χ0v) is 16.7. The second-order valence-electron chi connectivity index (χ2n) is 6.51. The van der Waals surface area contributed by atoms with E-state index in [0.29, 0.717) is 15.8 Å². The van der Waals surface area contributed by atoms with Gasteiger partial charge in [-0.2, -0.15) is 23.0 Å². The monoisotopic (exact) mass is 418 g/mol. The van der Waals surface area contributed by atoms with Crippen LogP contribution in [0.4, 0.5) is 13.2 Å². The molecule has 0 aliphatic rings. The molecule has 1 heterocycles. The number of alkyl halides is 3. The standard InChI is InChI=1S/C21H17F3N2O2S/c1-4-13-26-20(21(22,23)24)18(15-7-5-14(2)6-8-15)19(25-26)16-9-11-17(12-10-16)29(3,27)28/h5-12H,1-3H3. The summed E-state index contributed by atoms with van der Waals surface area (Å²) in [5, 5.41) is 4.10. The predicted octanol–water partition coefficient (Wildman–Crippen LogP) is 4.78. The minimum Gasteiger partial charge on any atom is -0.224 e. The van der Waals surface area contributed by atoms with Crippen LogP contribution in [0.2, 0.25) is 0 Å². The van der Waals surface area contributed by atoms with E-state index in [-0.39, 0.29) is 16.2 Å². The molecule has 0 spiro atoms. The molecule has 0 unspecified atom stereocenters. The summed E-state index contributed by atoms with van der Waals surface area (Å²) in [5.74, 6) is 2.45. The highest BCUT2D eigenvalue weighted by atomic mass is 32.2. The van der Waals surface area contributed by atoms with Gasteiger partial charge in [-0.1, -0.05) is 47.9 Å². The van der Waals surface area contributed by atoms with E-state index >= 15 is 0 Å². The van der Waals surface area contributed by atoms with Crippen LogP contribution in [-0.4, -0.2) is 24.5 Å². The summed E-state index contributed by atoms with van der Waals surface area (Å²) >= 11 is 0. The molecule has 0 aliphatic carbocycles. The van der Waals surface area contributed by atoms with Crippen molar-refractivity contribution in [1.82, 2.24) is 9.78 Å². The highest BCUT2D eigenvalue weighted by molar-refractivity contribution is 7.90. The van der Waals surface area contributed by atoms with Crippen LogP contribution in [0.25, 0.3) is 22.4 Å². The van der Waals surface area contributed by atoms with Crippen LogP contribution in [0.15, 0.2) is 53.4 Å². The average molecular weight is 418 g/mol. The van der Waals surface area contributed by atoms with Crippen LogP contribution in [0.5, 0.6) is 0 Å². The molecule has 150 valence electrons. The van der Waals surface area contributed by atoms with Gasteiger partial charge in [-0.3, -0.25) is 0 Å². The third-order valence-electron chi connectivity index (χ3n) is 4.27. The molecule has 0 aliphatic heterocycles. The lowest BCUT2D eigenvalue weighted by molar-refractivity contribution is -0.142. The first-order valence-corrected chi connectivity index (χ1v) is 10.4. The molecule has 0 fully saturated rings. The minimum absolute atomic E-state index is 0.0713. The fraction of sp³-hybridized carbons (Fsp3) is 0.190. The van der Waals surface area contributed by atoms with E-state index in [4.69, 9.17) is 0 Å². The van der Waals surface area contributed by atoms with Crippen LogP contribution < -0.4 is 0 Å². The Kier molecular flexibility index (Phi) is 5.28. The summed E-state index contributed by atoms with van der Waals surface area (Å²) in [5.41, 5.74) is 0.598. The first-order valence-electron chi connectivity index (χ1n) is 8.53. The van der Waals surface area contributed by atoms with E-state index in [9.17, 15) is 21.6 Å². The Hall–Kier alpha value is -3.05. The number of aryl methyl sites for hydroxylation is 1.